The summed E-state index contributed by atoms with van der Waals surface area (Å²) in [4.78, 5) is 23.3. The topological polar surface area (TPSA) is 60.3 Å². The number of nitrogens with one attached hydrogen (secondary N) is 1. The maximum absolute atomic E-state index is 12.1. The summed E-state index contributed by atoms with van der Waals surface area (Å²) < 4.78 is 8.46. The van der Waals surface area contributed by atoms with E-state index in [0.29, 0.717) is 13.0 Å². The summed E-state index contributed by atoms with van der Waals surface area (Å²) >= 11 is 0. The number of hydrogen-bond acceptors (Lipinski definition) is 3. The normalized spacial score (nSPS) is 11.5. The van der Waals surface area contributed by atoms with Gasteiger partial charge in [0.1, 0.15) is 5.69 Å². The minimum absolute atomic E-state index is 0.0525. The Morgan fingerprint density at radius 3 is 2.26 bits per heavy atom. The predicted molar refractivity (Wildman–Crippen MR) is 145 cm³/mol. The van der Waals surface area contributed by atoms with Gasteiger partial charge < -0.3 is 14.6 Å². The van der Waals surface area contributed by atoms with Crippen LogP contribution in [0.25, 0.3) is 10.9 Å². The van der Waals surface area contributed by atoms with E-state index in [4.69, 9.17) is 4.74 Å². The fourth-order valence-electron chi connectivity index (χ4n) is 4.23. The molecule has 1 aromatic heterocycles. The van der Waals surface area contributed by atoms with Crippen molar-refractivity contribution in [1.29, 1.82) is 0 Å². The lowest BCUT2D eigenvalue weighted by Gasteiger charge is -2.23. The van der Waals surface area contributed by atoms with Gasteiger partial charge in [-0.05, 0) is 54.8 Å². The van der Waals surface area contributed by atoms with Crippen molar-refractivity contribution in [3.63, 3.8) is 0 Å². The summed E-state index contributed by atoms with van der Waals surface area (Å²) in [5.41, 5.74) is 4.24. The molecule has 3 aromatic rings. The molecule has 0 aliphatic carbocycles. The van der Waals surface area contributed by atoms with Gasteiger partial charge in [-0.1, -0.05) is 37.8 Å². The highest BCUT2D eigenvalue weighted by atomic mass is 16.5. The lowest BCUT2D eigenvalue weighted by atomic mass is 10.1. The van der Waals surface area contributed by atoms with E-state index in [9.17, 15) is 9.59 Å². The Hall–Kier alpha value is -3.12. The van der Waals surface area contributed by atoms with Crippen molar-refractivity contribution in [3.05, 3.63) is 60.3 Å². The number of benzene rings is 2. The van der Waals surface area contributed by atoms with Gasteiger partial charge in [-0.15, -0.1) is 0 Å². The summed E-state index contributed by atoms with van der Waals surface area (Å²) in [5.74, 6) is -0.200. The van der Waals surface area contributed by atoms with E-state index in [-0.39, 0.29) is 11.9 Å². The zero-order valence-corrected chi connectivity index (χ0v) is 21.7. The molecule has 1 N–H and O–H groups in total. The summed E-state index contributed by atoms with van der Waals surface area (Å²) in [6, 6.07) is 16.3. The Labute approximate surface area is 209 Å². The molecule has 6 nitrogen and oxygen atoms in total. The third-order valence-corrected chi connectivity index (χ3v) is 6.21. The molecule has 1 amide bonds. The molecule has 0 aliphatic heterocycles. The molecule has 0 atom stereocenters. The Balaban J connectivity index is 1.25. The molecule has 0 radical (unpaired) electrons. The minimum Gasteiger partial charge on any atom is -0.465 e. The van der Waals surface area contributed by atoms with Gasteiger partial charge in [0.05, 0.1) is 34.2 Å². The molecule has 3 rings (SSSR count). The maximum atomic E-state index is 12.1. The van der Waals surface area contributed by atoms with E-state index in [1.807, 2.05) is 24.3 Å². The number of nitrogens with zero attached hydrogens (tertiary/aromatic N) is 2. The van der Waals surface area contributed by atoms with Crippen molar-refractivity contribution < 1.29 is 14.3 Å². The number of carbonyl (C=O) groups is 2. The first-order chi connectivity index (χ1) is 16.7. The number of aromatic nitrogens is 1. The molecule has 0 fully saturated rings. The maximum Gasteiger partial charge on any atom is 0.310 e. The Kier molecular flexibility index (Phi) is 9.49. The number of quaternary nitrogens is 1. The van der Waals surface area contributed by atoms with Crippen LogP contribution in [0.3, 0.4) is 0 Å². The van der Waals surface area contributed by atoms with E-state index in [1.165, 1.54) is 31.0 Å². The number of amides is 1. The molecule has 0 aliphatic rings. The van der Waals surface area contributed by atoms with Crippen molar-refractivity contribution >= 4 is 34.2 Å². The first-order valence-corrected chi connectivity index (χ1v) is 12.7. The molecule has 35 heavy (non-hydrogen) atoms. The zero-order valence-electron chi connectivity index (χ0n) is 21.7. The van der Waals surface area contributed by atoms with Gasteiger partial charge in [-0.3, -0.25) is 14.1 Å². The predicted octanol–water partition coefficient (Wildman–Crippen LogP) is 5.92. The van der Waals surface area contributed by atoms with Crippen molar-refractivity contribution in [2.45, 2.75) is 58.4 Å². The van der Waals surface area contributed by atoms with Crippen LogP contribution in [0, 0.1) is 0 Å². The average Bonchev–Trinajstić information content (AvgIpc) is 3.19. The highest BCUT2D eigenvalue weighted by molar-refractivity contribution is 5.92. The molecule has 1 heterocycles. The van der Waals surface area contributed by atoms with E-state index in [1.54, 1.807) is 0 Å². The number of esters is 1. The van der Waals surface area contributed by atoms with Crippen LogP contribution in [0.4, 0.5) is 11.4 Å². The van der Waals surface area contributed by atoms with Crippen molar-refractivity contribution in [3.8, 4) is 0 Å². The van der Waals surface area contributed by atoms with E-state index < -0.39 is 0 Å². The molecular weight excluding hydrogens is 438 g/mol. The van der Waals surface area contributed by atoms with Gasteiger partial charge in [0, 0.05) is 36.3 Å². The largest absolute Gasteiger partial charge is 0.465 e. The number of rotatable bonds is 13. The second-order valence-corrected chi connectivity index (χ2v) is 10.2. The summed E-state index contributed by atoms with van der Waals surface area (Å²) in [5, 5.41) is 3.98. The molecule has 2 aromatic carbocycles. The van der Waals surface area contributed by atoms with E-state index >= 15 is 0 Å². The number of hydrogen-bond donors (Lipinski definition) is 1. The number of aryl methyl sites for hydroxylation is 1. The smallest absolute Gasteiger partial charge is 0.310 e. The van der Waals surface area contributed by atoms with Crippen LogP contribution >= 0.6 is 0 Å². The molecule has 6 heteroatoms. The summed E-state index contributed by atoms with van der Waals surface area (Å²) in [6.45, 7) is 3.03. The SMILES string of the molecule is CC(=O)Nc1ccc2c(ccn2CCCCCCCCOC(=O)Cc2ccc([N+](C)(C)C)cc2)c1. The van der Waals surface area contributed by atoms with Crippen LogP contribution < -0.4 is 9.80 Å². The van der Waals surface area contributed by atoms with Crippen molar-refractivity contribution in [1.82, 2.24) is 9.05 Å². The lowest BCUT2D eigenvalue weighted by molar-refractivity contribution is -0.143. The highest BCUT2D eigenvalue weighted by Gasteiger charge is 2.12. The Morgan fingerprint density at radius 2 is 1.57 bits per heavy atom. The number of fused-ring (bicyclic) bond motifs is 1. The number of ether oxygens (including phenoxy) is 1. The Morgan fingerprint density at radius 1 is 0.886 bits per heavy atom. The van der Waals surface area contributed by atoms with Crippen molar-refractivity contribution in [2.24, 2.45) is 0 Å². The number of carbonyl (C=O) groups excluding carboxylic acids is 2. The van der Waals surface area contributed by atoms with Gasteiger partial charge in [-0.25, -0.2) is 0 Å². The quantitative estimate of drug-likeness (QED) is 0.188. The third-order valence-electron chi connectivity index (χ3n) is 6.21. The number of unbranched alkanes of at least 4 members (excludes halogenated alkanes) is 5. The molecule has 188 valence electrons. The zero-order chi connectivity index (χ0) is 25.3. The van der Waals surface area contributed by atoms with Crippen LogP contribution in [-0.2, 0) is 27.3 Å². The van der Waals surface area contributed by atoms with Crippen LogP contribution in [0.15, 0.2) is 54.7 Å². The summed E-state index contributed by atoms with van der Waals surface area (Å²) in [6.07, 6.45) is 9.14. The minimum atomic E-state index is -0.147. The number of anilines is 1. The van der Waals surface area contributed by atoms with Crippen molar-refractivity contribution in [2.75, 3.05) is 33.1 Å². The first-order valence-electron chi connectivity index (χ1n) is 12.7. The van der Waals surface area contributed by atoms with Crippen LogP contribution in [-0.4, -0.2) is 44.2 Å². The van der Waals surface area contributed by atoms with Gasteiger partial charge in [0.2, 0.25) is 5.91 Å². The first kappa shape index (κ1) is 26.5. The monoisotopic (exact) mass is 478 g/mol. The molecule has 0 saturated carbocycles. The fraction of sp³-hybridized carbons (Fsp3) is 0.448. The van der Waals surface area contributed by atoms with Crippen LogP contribution in [0.1, 0.15) is 51.0 Å². The molecule has 0 unspecified atom stereocenters. The second kappa shape index (κ2) is 12.5. The van der Waals surface area contributed by atoms with Gasteiger partial charge in [-0.2, -0.15) is 0 Å². The molecule has 0 spiro atoms. The van der Waals surface area contributed by atoms with E-state index in [2.05, 4.69) is 61.5 Å². The standard InChI is InChI=1S/C29H39N3O3/c1-23(33)30-26-13-16-28-25(22-26)17-19-31(28)18-9-7-5-6-8-10-20-35-29(34)21-24-11-14-27(15-12-24)32(2,3)4/h11-17,19,22H,5-10,18,20-21H2,1-4H3/p+1. The second-order valence-electron chi connectivity index (χ2n) is 10.2. The molecule has 0 bridgehead atoms. The fourth-order valence-corrected chi connectivity index (χ4v) is 4.23. The van der Waals surface area contributed by atoms with Crippen LogP contribution in [0.5, 0.6) is 0 Å². The van der Waals surface area contributed by atoms with Crippen LogP contribution in [0.2, 0.25) is 0 Å². The molecular formula is C29H40N3O3+. The average molecular weight is 479 g/mol. The molecule has 0 saturated heterocycles. The Bertz CT molecular complexity index is 1110. The lowest BCUT2D eigenvalue weighted by Crippen LogP contribution is -2.34. The third kappa shape index (κ3) is 8.55. The summed E-state index contributed by atoms with van der Waals surface area (Å²) in [7, 11) is 6.37. The van der Waals surface area contributed by atoms with Gasteiger partial charge >= 0.3 is 5.97 Å². The van der Waals surface area contributed by atoms with Gasteiger partial charge in [0.25, 0.3) is 0 Å². The van der Waals surface area contributed by atoms with Gasteiger partial charge in [0.15, 0.2) is 0 Å². The highest BCUT2D eigenvalue weighted by Crippen LogP contribution is 2.21. The van der Waals surface area contributed by atoms with E-state index in [0.717, 1.165) is 53.3 Å².